The SMILES string of the molecule is CN=C(NCCC1=CCOCC1)NCc1ncc(C)s1. The van der Waals surface area contributed by atoms with Crippen molar-refractivity contribution in [1.29, 1.82) is 0 Å². The van der Waals surface area contributed by atoms with E-state index in [-0.39, 0.29) is 0 Å². The summed E-state index contributed by atoms with van der Waals surface area (Å²) in [6, 6.07) is 0. The minimum absolute atomic E-state index is 0.717. The zero-order valence-corrected chi connectivity index (χ0v) is 12.9. The topological polar surface area (TPSA) is 58.5 Å². The van der Waals surface area contributed by atoms with Gasteiger partial charge in [0.25, 0.3) is 0 Å². The van der Waals surface area contributed by atoms with Crippen LogP contribution in [0, 0.1) is 6.92 Å². The average Bonchev–Trinajstić information content (AvgIpc) is 2.89. The van der Waals surface area contributed by atoms with Gasteiger partial charge < -0.3 is 15.4 Å². The molecule has 0 saturated carbocycles. The van der Waals surface area contributed by atoms with Crippen LogP contribution in [-0.2, 0) is 11.3 Å². The van der Waals surface area contributed by atoms with Gasteiger partial charge in [0.1, 0.15) is 5.01 Å². The Morgan fingerprint density at radius 2 is 2.40 bits per heavy atom. The third-order valence-corrected chi connectivity index (χ3v) is 4.01. The summed E-state index contributed by atoms with van der Waals surface area (Å²) in [5.74, 6) is 0.825. The van der Waals surface area contributed by atoms with Crippen molar-refractivity contribution in [2.24, 2.45) is 4.99 Å². The van der Waals surface area contributed by atoms with Crippen LogP contribution >= 0.6 is 11.3 Å². The first-order valence-electron chi connectivity index (χ1n) is 6.89. The van der Waals surface area contributed by atoms with Crippen LogP contribution in [0.25, 0.3) is 0 Å². The summed E-state index contributed by atoms with van der Waals surface area (Å²) in [5, 5.41) is 7.69. The summed E-state index contributed by atoms with van der Waals surface area (Å²) < 4.78 is 5.30. The Morgan fingerprint density at radius 1 is 1.50 bits per heavy atom. The highest BCUT2D eigenvalue weighted by molar-refractivity contribution is 7.11. The second kappa shape index (κ2) is 8.01. The number of thiazole rings is 1. The van der Waals surface area contributed by atoms with Gasteiger partial charge in [0.05, 0.1) is 19.8 Å². The average molecular weight is 294 g/mol. The van der Waals surface area contributed by atoms with E-state index in [1.54, 1.807) is 18.4 Å². The Kier molecular flexibility index (Phi) is 6.01. The molecule has 2 rings (SSSR count). The highest BCUT2D eigenvalue weighted by Gasteiger charge is 2.05. The van der Waals surface area contributed by atoms with E-state index in [9.17, 15) is 0 Å². The first kappa shape index (κ1) is 15.0. The first-order valence-corrected chi connectivity index (χ1v) is 7.71. The van der Waals surface area contributed by atoms with Gasteiger partial charge >= 0.3 is 0 Å². The maximum absolute atomic E-state index is 5.30. The Morgan fingerprint density at radius 3 is 3.05 bits per heavy atom. The fourth-order valence-corrected chi connectivity index (χ4v) is 2.72. The summed E-state index contributed by atoms with van der Waals surface area (Å²) in [6.07, 6.45) is 6.17. The minimum Gasteiger partial charge on any atom is -0.377 e. The number of aliphatic imine (C=N–C) groups is 1. The van der Waals surface area contributed by atoms with Crippen LogP contribution in [0.2, 0.25) is 0 Å². The van der Waals surface area contributed by atoms with Crippen molar-refractivity contribution in [3.05, 3.63) is 27.7 Å². The molecule has 0 aliphatic carbocycles. The summed E-state index contributed by atoms with van der Waals surface area (Å²) in [7, 11) is 1.79. The number of aryl methyl sites for hydroxylation is 1. The molecule has 0 bridgehead atoms. The number of hydrogen-bond acceptors (Lipinski definition) is 4. The summed E-state index contributed by atoms with van der Waals surface area (Å²) >= 11 is 1.71. The fourth-order valence-electron chi connectivity index (χ4n) is 2.00. The molecule has 0 atom stereocenters. The number of hydrogen-bond donors (Lipinski definition) is 2. The highest BCUT2D eigenvalue weighted by atomic mass is 32.1. The molecule has 0 spiro atoms. The van der Waals surface area contributed by atoms with Gasteiger partial charge in [-0.05, 0) is 19.8 Å². The molecular formula is C14H22N4OS. The van der Waals surface area contributed by atoms with Crippen LogP contribution in [0.5, 0.6) is 0 Å². The molecule has 0 radical (unpaired) electrons. The normalized spacial score (nSPS) is 15.9. The van der Waals surface area contributed by atoms with Crippen molar-refractivity contribution in [2.75, 3.05) is 26.8 Å². The van der Waals surface area contributed by atoms with E-state index in [1.165, 1.54) is 10.5 Å². The molecule has 20 heavy (non-hydrogen) atoms. The lowest BCUT2D eigenvalue weighted by Gasteiger charge is -2.15. The zero-order chi connectivity index (χ0) is 14.2. The smallest absolute Gasteiger partial charge is 0.191 e. The molecule has 0 amide bonds. The molecule has 5 nitrogen and oxygen atoms in total. The zero-order valence-electron chi connectivity index (χ0n) is 12.1. The van der Waals surface area contributed by atoms with E-state index in [2.05, 4.69) is 33.6 Å². The fraction of sp³-hybridized carbons (Fsp3) is 0.571. The van der Waals surface area contributed by atoms with E-state index in [4.69, 9.17) is 4.74 Å². The Labute approximate surface area is 124 Å². The number of rotatable bonds is 5. The van der Waals surface area contributed by atoms with Gasteiger partial charge in [-0.2, -0.15) is 0 Å². The Balaban J connectivity index is 1.68. The lowest BCUT2D eigenvalue weighted by atomic mass is 10.1. The van der Waals surface area contributed by atoms with Crippen molar-refractivity contribution in [3.8, 4) is 0 Å². The van der Waals surface area contributed by atoms with Gasteiger partial charge in [0, 0.05) is 24.7 Å². The number of nitrogens with one attached hydrogen (secondary N) is 2. The largest absolute Gasteiger partial charge is 0.377 e. The summed E-state index contributed by atoms with van der Waals surface area (Å²) in [6.45, 7) is 5.28. The molecular weight excluding hydrogens is 272 g/mol. The van der Waals surface area contributed by atoms with Crippen LogP contribution in [0.3, 0.4) is 0 Å². The van der Waals surface area contributed by atoms with Crippen molar-refractivity contribution in [3.63, 3.8) is 0 Å². The maximum atomic E-state index is 5.30. The van der Waals surface area contributed by atoms with Crippen molar-refractivity contribution >= 4 is 17.3 Å². The van der Waals surface area contributed by atoms with Crippen molar-refractivity contribution in [1.82, 2.24) is 15.6 Å². The van der Waals surface area contributed by atoms with Crippen LogP contribution < -0.4 is 10.6 Å². The van der Waals surface area contributed by atoms with Crippen LogP contribution in [0.1, 0.15) is 22.7 Å². The van der Waals surface area contributed by atoms with Gasteiger partial charge in [0.15, 0.2) is 5.96 Å². The molecule has 6 heteroatoms. The number of aromatic nitrogens is 1. The number of nitrogens with zero attached hydrogens (tertiary/aromatic N) is 2. The molecule has 110 valence electrons. The van der Waals surface area contributed by atoms with Gasteiger partial charge in [-0.15, -0.1) is 11.3 Å². The maximum Gasteiger partial charge on any atom is 0.191 e. The summed E-state index contributed by atoms with van der Waals surface area (Å²) in [4.78, 5) is 9.78. The van der Waals surface area contributed by atoms with Crippen molar-refractivity contribution < 1.29 is 4.74 Å². The van der Waals surface area contributed by atoms with Gasteiger partial charge in [-0.25, -0.2) is 4.98 Å². The minimum atomic E-state index is 0.717. The Bertz CT molecular complexity index is 481. The van der Waals surface area contributed by atoms with Gasteiger partial charge in [0.2, 0.25) is 0 Å². The summed E-state index contributed by atoms with van der Waals surface area (Å²) in [5.41, 5.74) is 1.47. The molecule has 0 aromatic carbocycles. The van der Waals surface area contributed by atoms with Gasteiger partial charge in [-0.1, -0.05) is 11.6 Å². The first-order chi connectivity index (χ1) is 9.78. The quantitative estimate of drug-likeness (QED) is 0.494. The molecule has 1 aromatic rings. The van der Waals surface area contributed by atoms with Crippen LogP contribution in [0.4, 0.5) is 0 Å². The lowest BCUT2D eigenvalue weighted by Crippen LogP contribution is -2.37. The molecule has 0 fully saturated rings. The molecule has 1 aromatic heterocycles. The predicted molar refractivity (Wildman–Crippen MR) is 83.2 cm³/mol. The third-order valence-electron chi connectivity index (χ3n) is 3.10. The standard InChI is InChI=1S/C14H22N4OS/c1-11-9-17-13(20-11)10-18-14(15-2)16-6-3-12-4-7-19-8-5-12/h4,9H,3,5-8,10H2,1-2H3,(H2,15,16,18). The van der Waals surface area contributed by atoms with E-state index >= 15 is 0 Å². The molecule has 1 aliphatic rings. The van der Waals surface area contributed by atoms with Crippen LogP contribution in [0.15, 0.2) is 22.8 Å². The number of ether oxygens (including phenoxy) is 1. The van der Waals surface area contributed by atoms with E-state index < -0.39 is 0 Å². The molecule has 0 unspecified atom stereocenters. The molecule has 2 heterocycles. The van der Waals surface area contributed by atoms with Crippen LogP contribution in [-0.4, -0.2) is 37.7 Å². The van der Waals surface area contributed by atoms with E-state index in [1.807, 2.05) is 6.20 Å². The second-order valence-corrected chi connectivity index (χ2v) is 5.97. The highest BCUT2D eigenvalue weighted by Crippen LogP contribution is 2.11. The van der Waals surface area contributed by atoms with Crippen molar-refractivity contribution in [2.45, 2.75) is 26.3 Å². The molecule has 1 aliphatic heterocycles. The third kappa shape index (κ3) is 4.94. The number of guanidine groups is 1. The second-order valence-electron chi connectivity index (χ2n) is 4.65. The Hall–Kier alpha value is -1.40. The molecule has 0 saturated heterocycles. The predicted octanol–water partition coefficient (Wildman–Crippen LogP) is 1.85. The monoisotopic (exact) mass is 294 g/mol. The van der Waals surface area contributed by atoms with E-state index in [0.717, 1.165) is 43.6 Å². The molecule has 2 N–H and O–H groups in total. The van der Waals surface area contributed by atoms with E-state index in [0.29, 0.717) is 6.54 Å². The van der Waals surface area contributed by atoms with Gasteiger partial charge in [-0.3, -0.25) is 4.99 Å². The lowest BCUT2D eigenvalue weighted by molar-refractivity contribution is 0.153.